The van der Waals surface area contributed by atoms with Crippen LogP contribution in [0.25, 0.3) is 0 Å². The number of rotatable bonds is 10. The Hall–Kier alpha value is -1.10. The van der Waals surface area contributed by atoms with Crippen LogP contribution in [0.4, 0.5) is 0 Å². The van der Waals surface area contributed by atoms with Crippen molar-refractivity contribution in [1.82, 2.24) is 5.01 Å². The first kappa shape index (κ1) is 17.9. The van der Waals surface area contributed by atoms with Gasteiger partial charge >= 0.3 is 0 Å². The van der Waals surface area contributed by atoms with E-state index < -0.39 is 0 Å². The summed E-state index contributed by atoms with van der Waals surface area (Å²) in [4.78, 5) is 0. The molecule has 0 aromatic carbocycles. The Kier molecular flexibility index (Phi) is 10.2. The standard InChI is InChI=1S/C15H28N4/c1-4-6-7-15(19(18)10-5-2)11-14(12-17)13(3)8-9-16/h13-15H,4-8,10-11,18H2,1-3H3/t13-,14?,15?/m1/s1. The maximum absolute atomic E-state index is 9.29. The first-order valence-corrected chi connectivity index (χ1v) is 7.38. The molecule has 0 saturated heterocycles. The van der Waals surface area contributed by atoms with Crippen molar-refractivity contribution in [2.24, 2.45) is 17.7 Å². The highest BCUT2D eigenvalue weighted by molar-refractivity contribution is 4.92. The molecular formula is C15H28N4. The van der Waals surface area contributed by atoms with Gasteiger partial charge in [-0.3, -0.25) is 5.84 Å². The summed E-state index contributed by atoms with van der Waals surface area (Å²) in [5.41, 5.74) is 0. The van der Waals surface area contributed by atoms with Crippen molar-refractivity contribution in [1.29, 1.82) is 10.5 Å². The van der Waals surface area contributed by atoms with Crippen LogP contribution in [0.3, 0.4) is 0 Å². The van der Waals surface area contributed by atoms with E-state index in [2.05, 4.69) is 26.0 Å². The molecule has 4 nitrogen and oxygen atoms in total. The van der Waals surface area contributed by atoms with Crippen LogP contribution < -0.4 is 5.84 Å². The average molecular weight is 264 g/mol. The topological polar surface area (TPSA) is 76.8 Å². The van der Waals surface area contributed by atoms with E-state index >= 15 is 0 Å². The van der Waals surface area contributed by atoms with Crippen molar-refractivity contribution < 1.29 is 0 Å². The summed E-state index contributed by atoms with van der Waals surface area (Å²) < 4.78 is 0. The van der Waals surface area contributed by atoms with Gasteiger partial charge in [0, 0.05) is 19.0 Å². The Morgan fingerprint density at radius 1 is 1.21 bits per heavy atom. The lowest BCUT2D eigenvalue weighted by atomic mass is 9.86. The zero-order valence-electron chi connectivity index (χ0n) is 12.6. The lowest BCUT2D eigenvalue weighted by Crippen LogP contribution is -2.43. The second-order valence-corrected chi connectivity index (χ2v) is 5.34. The van der Waals surface area contributed by atoms with Crippen molar-refractivity contribution in [3.8, 4) is 12.1 Å². The summed E-state index contributed by atoms with van der Waals surface area (Å²) in [6, 6.07) is 4.77. The molecule has 3 atom stereocenters. The summed E-state index contributed by atoms with van der Waals surface area (Å²) in [5, 5.41) is 19.9. The molecule has 4 heteroatoms. The molecule has 0 saturated carbocycles. The molecule has 0 aromatic rings. The van der Waals surface area contributed by atoms with Gasteiger partial charge in [0.25, 0.3) is 0 Å². The van der Waals surface area contributed by atoms with Gasteiger partial charge in [-0.2, -0.15) is 10.5 Å². The molecule has 0 aliphatic heterocycles. The van der Waals surface area contributed by atoms with Crippen molar-refractivity contribution in [3.63, 3.8) is 0 Å². The predicted octanol–water partition coefficient (Wildman–Crippen LogP) is 3.21. The molecule has 0 spiro atoms. The number of nitriles is 2. The minimum absolute atomic E-state index is 0.0792. The monoisotopic (exact) mass is 264 g/mol. The van der Waals surface area contributed by atoms with Gasteiger partial charge < -0.3 is 0 Å². The van der Waals surface area contributed by atoms with E-state index in [1.54, 1.807) is 0 Å². The van der Waals surface area contributed by atoms with Gasteiger partial charge in [0.2, 0.25) is 0 Å². The fourth-order valence-corrected chi connectivity index (χ4v) is 2.29. The molecule has 2 N–H and O–H groups in total. The van der Waals surface area contributed by atoms with Gasteiger partial charge in [-0.05, 0) is 25.2 Å². The predicted molar refractivity (Wildman–Crippen MR) is 77.6 cm³/mol. The zero-order chi connectivity index (χ0) is 14.7. The SMILES string of the molecule is CCCCC(CC(C#N)[C@H](C)CC#N)N(N)CCC. The van der Waals surface area contributed by atoms with E-state index in [0.29, 0.717) is 6.42 Å². The van der Waals surface area contributed by atoms with Crippen LogP contribution in [0.15, 0.2) is 0 Å². The smallest absolute Gasteiger partial charge is 0.0659 e. The highest BCUT2D eigenvalue weighted by Gasteiger charge is 2.24. The Morgan fingerprint density at radius 3 is 2.37 bits per heavy atom. The van der Waals surface area contributed by atoms with E-state index in [1.807, 2.05) is 11.9 Å². The maximum atomic E-state index is 9.29. The summed E-state index contributed by atoms with van der Waals surface area (Å²) in [5.74, 6) is 6.15. The van der Waals surface area contributed by atoms with E-state index in [0.717, 1.165) is 38.6 Å². The number of hydrogen-bond donors (Lipinski definition) is 1. The summed E-state index contributed by atoms with van der Waals surface area (Å²) in [6.07, 6.45) is 5.54. The lowest BCUT2D eigenvalue weighted by Gasteiger charge is -2.30. The Balaban J connectivity index is 4.58. The van der Waals surface area contributed by atoms with E-state index in [1.165, 1.54) is 0 Å². The number of nitrogens with zero attached hydrogens (tertiary/aromatic N) is 3. The van der Waals surface area contributed by atoms with Crippen molar-refractivity contribution >= 4 is 0 Å². The third-order valence-electron chi connectivity index (χ3n) is 3.63. The van der Waals surface area contributed by atoms with Crippen molar-refractivity contribution in [2.45, 2.75) is 65.3 Å². The normalized spacial score (nSPS) is 15.5. The highest BCUT2D eigenvalue weighted by atomic mass is 15.4. The van der Waals surface area contributed by atoms with E-state index in [-0.39, 0.29) is 17.9 Å². The van der Waals surface area contributed by atoms with E-state index in [9.17, 15) is 5.26 Å². The molecule has 108 valence electrons. The number of unbranched alkanes of at least 4 members (excludes halogenated alkanes) is 1. The van der Waals surface area contributed by atoms with Crippen molar-refractivity contribution in [2.75, 3.05) is 6.54 Å². The van der Waals surface area contributed by atoms with Crippen LogP contribution in [0.1, 0.15) is 59.3 Å². The van der Waals surface area contributed by atoms with Gasteiger partial charge in [0.15, 0.2) is 0 Å². The van der Waals surface area contributed by atoms with Crippen LogP contribution in [-0.2, 0) is 0 Å². The van der Waals surface area contributed by atoms with Gasteiger partial charge in [-0.15, -0.1) is 0 Å². The summed E-state index contributed by atoms with van der Waals surface area (Å²) >= 11 is 0. The highest BCUT2D eigenvalue weighted by Crippen LogP contribution is 2.23. The zero-order valence-corrected chi connectivity index (χ0v) is 12.6. The minimum Gasteiger partial charge on any atom is -0.269 e. The quantitative estimate of drug-likeness (QED) is 0.485. The summed E-state index contributed by atoms with van der Waals surface area (Å²) in [7, 11) is 0. The molecule has 2 unspecified atom stereocenters. The first-order chi connectivity index (χ1) is 9.10. The molecule has 0 radical (unpaired) electrons. The Bertz CT molecular complexity index is 302. The van der Waals surface area contributed by atoms with Crippen LogP contribution in [-0.4, -0.2) is 17.6 Å². The maximum Gasteiger partial charge on any atom is 0.0659 e. The average Bonchev–Trinajstić information content (AvgIpc) is 2.39. The molecule has 0 fully saturated rings. The largest absolute Gasteiger partial charge is 0.269 e. The van der Waals surface area contributed by atoms with Gasteiger partial charge in [-0.25, -0.2) is 5.01 Å². The second-order valence-electron chi connectivity index (χ2n) is 5.34. The second kappa shape index (κ2) is 10.8. The van der Waals surface area contributed by atoms with Crippen molar-refractivity contribution in [3.05, 3.63) is 0 Å². The molecule has 0 aliphatic rings. The lowest BCUT2D eigenvalue weighted by molar-refractivity contribution is 0.157. The molecule has 0 heterocycles. The van der Waals surface area contributed by atoms with Crippen LogP contribution >= 0.6 is 0 Å². The Labute approximate surface area is 118 Å². The molecule has 0 rings (SSSR count). The van der Waals surface area contributed by atoms with Gasteiger partial charge in [-0.1, -0.05) is 33.6 Å². The fraction of sp³-hybridized carbons (Fsp3) is 0.867. The minimum atomic E-state index is -0.0792. The molecule has 0 bridgehead atoms. The van der Waals surface area contributed by atoms with Crippen LogP contribution in [0.5, 0.6) is 0 Å². The third-order valence-corrected chi connectivity index (χ3v) is 3.63. The number of hydrogen-bond acceptors (Lipinski definition) is 4. The first-order valence-electron chi connectivity index (χ1n) is 7.38. The molecule has 0 amide bonds. The molecule has 19 heavy (non-hydrogen) atoms. The summed E-state index contributed by atoms with van der Waals surface area (Å²) in [6.45, 7) is 7.11. The van der Waals surface area contributed by atoms with Crippen LogP contribution in [0.2, 0.25) is 0 Å². The fourth-order valence-electron chi connectivity index (χ4n) is 2.29. The van der Waals surface area contributed by atoms with E-state index in [4.69, 9.17) is 11.1 Å². The molecule has 0 aliphatic carbocycles. The van der Waals surface area contributed by atoms with Crippen LogP contribution in [0, 0.1) is 34.5 Å². The van der Waals surface area contributed by atoms with Gasteiger partial charge in [0.05, 0.1) is 18.1 Å². The van der Waals surface area contributed by atoms with Gasteiger partial charge in [0.1, 0.15) is 0 Å². The number of hydrazine groups is 1. The molecular weight excluding hydrogens is 236 g/mol. The number of nitrogens with two attached hydrogens (primary N) is 1. The Morgan fingerprint density at radius 2 is 1.89 bits per heavy atom. The molecule has 0 aromatic heterocycles. The third kappa shape index (κ3) is 7.15.